The van der Waals surface area contributed by atoms with Gasteiger partial charge in [-0.15, -0.1) is 11.8 Å². The average Bonchev–Trinajstić information content (AvgIpc) is 3.00. The third-order valence-corrected chi connectivity index (χ3v) is 4.64. The molecule has 28 heavy (non-hydrogen) atoms. The molecule has 9 heteroatoms. The Kier molecular flexibility index (Phi) is 7.06. The molecule has 0 bridgehead atoms. The van der Waals surface area contributed by atoms with Gasteiger partial charge < -0.3 is 15.0 Å². The van der Waals surface area contributed by atoms with Gasteiger partial charge in [0.15, 0.2) is 6.61 Å². The first-order valence-electron chi connectivity index (χ1n) is 8.82. The number of anilines is 1. The Morgan fingerprint density at radius 1 is 1.29 bits per heavy atom. The molecule has 4 amide bonds. The molecule has 0 radical (unpaired) electrons. The molecule has 1 fully saturated rings. The largest absolute Gasteiger partial charge is 0.455 e. The van der Waals surface area contributed by atoms with Gasteiger partial charge >= 0.3 is 12.0 Å². The van der Waals surface area contributed by atoms with Crippen LogP contribution in [0.3, 0.4) is 0 Å². The lowest BCUT2D eigenvalue weighted by Gasteiger charge is -2.20. The molecule has 0 unspecified atom stereocenters. The molecule has 0 saturated carbocycles. The average molecular weight is 407 g/mol. The number of carbonyl (C=O) groups excluding carboxylic acids is 4. The first-order valence-corrected chi connectivity index (χ1v) is 10.0. The summed E-state index contributed by atoms with van der Waals surface area (Å²) in [4.78, 5) is 50.4. The van der Waals surface area contributed by atoms with Gasteiger partial charge in [-0.1, -0.05) is 6.07 Å². The second kappa shape index (κ2) is 9.09. The number of esters is 1. The summed E-state index contributed by atoms with van der Waals surface area (Å²) in [6, 6.07) is 6.83. The van der Waals surface area contributed by atoms with E-state index in [4.69, 9.17) is 4.74 Å². The summed E-state index contributed by atoms with van der Waals surface area (Å²) in [5.41, 5.74) is 0.228. The summed E-state index contributed by atoms with van der Waals surface area (Å²) < 4.78 is 4.98. The number of thioether (sulfide) groups is 1. The summed E-state index contributed by atoms with van der Waals surface area (Å²) in [6.45, 7) is 4.93. The first-order chi connectivity index (χ1) is 13.1. The van der Waals surface area contributed by atoms with Gasteiger partial charge in [0.2, 0.25) is 5.91 Å². The fourth-order valence-electron chi connectivity index (χ4n) is 2.68. The topological polar surface area (TPSA) is 105 Å². The van der Waals surface area contributed by atoms with Crippen molar-refractivity contribution in [3.8, 4) is 0 Å². The fourth-order valence-corrected chi connectivity index (χ4v) is 3.14. The number of nitrogens with one attached hydrogen (secondary N) is 2. The summed E-state index contributed by atoms with van der Waals surface area (Å²) in [7, 11) is 0. The number of urea groups is 1. The van der Waals surface area contributed by atoms with Crippen LogP contribution >= 0.6 is 11.8 Å². The van der Waals surface area contributed by atoms with Gasteiger partial charge in [0.25, 0.3) is 5.91 Å². The Morgan fingerprint density at radius 3 is 2.64 bits per heavy atom. The van der Waals surface area contributed by atoms with Crippen LogP contribution in [-0.2, 0) is 19.1 Å². The van der Waals surface area contributed by atoms with E-state index in [1.54, 1.807) is 37.4 Å². The predicted octanol–water partition coefficient (Wildman–Crippen LogP) is 1.93. The summed E-state index contributed by atoms with van der Waals surface area (Å²) in [5, 5.41) is 4.66. The molecule has 1 atom stereocenters. The van der Waals surface area contributed by atoms with Crippen molar-refractivity contribution in [2.75, 3.05) is 24.3 Å². The smallest absolute Gasteiger partial charge is 0.321 e. The van der Waals surface area contributed by atoms with Gasteiger partial charge in [0.1, 0.15) is 0 Å². The van der Waals surface area contributed by atoms with Crippen LogP contribution in [0.15, 0.2) is 29.2 Å². The molecule has 1 aromatic rings. The molecule has 0 aromatic heterocycles. The van der Waals surface area contributed by atoms with E-state index in [-0.39, 0.29) is 18.9 Å². The number of carbonyl (C=O) groups is 4. The summed E-state index contributed by atoms with van der Waals surface area (Å²) in [5.74, 6) is -2.19. The van der Waals surface area contributed by atoms with Crippen molar-refractivity contribution in [1.82, 2.24) is 10.6 Å². The SMILES string of the molecule is CSc1cccc(N2C[C@H](C(=O)OCC(=O)NC(=O)NC(C)(C)C)CC2=O)c1. The molecule has 0 aliphatic carbocycles. The molecule has 1 aliphatic rings. The minimum Gasteiger partial charge on any atom is -0.455 e. The van der Waals surface area contributed by atoms with E-state index in [9.17, 15) is 19.2 Å². The molecule has 2 N–H and O–H groups in total. The molecular weight excluding hydrogens is 382 g/mol. The lowest BCUT2D eigenvalue weighted by Crippen LogP contribution is -2.49. The highest BCUT2D eigenvalue weighted by atomic mass is 32.2. The highest BCUT2D eigenvalue weighted by Crippen LogP contribution is 2.28. The number of amides is 4. The Hall–Kier alpha value is -2.55. The molecule has 8 nitrogen and oxygen atoms in total. The van der Waals surface area contributed by atoms with Gasteiger partial charge in [0.05, 0.1) is 5.92 Å². The van der Waals surface area contributed by atoms with Crippen LogP contribution in [0, 0.1) is 5.92 Å². The highest BCUT2D eigenvalue weighted by molar-refractivity contribution is 7.98. The Bertz CT molecular complexity index is 775. The van der Waals surface area contributed by atoms with E-state index in [2.05, 4.69) is 10.6 Å². The summed E-state index contributed by atoms with van der Waals surface area (Å²) in [6.07, 6.45) is 1.96. The molecular formula is C19H25N3O5S. The third-order valence-electron chi connectivity index (χ3n) is 3.91. The lowest BCUT2D eigenvalue weighted by molar-refractivity contribution is -0.152. The molecule has 1 heterocycles. The van der Waals surface area contributed by atoms with Crippen LogP contribution in [0.25, 0.3) is 0 Å². The van der Waals surface area contributed by atoms with Crippen LogP contribution in [0.2, 0.25) is 0 Å². The van der Waals surface area contributed by atoms with Gasteiger partial charge in [-0.05, 0) is 45.2 Å². The number of hydrogen-bond acceptors (Lipinski definition) is 6. The van der Waals surface area contributed by atoms with Crippen molar-refractivity contribution in [3.63, 3.8) is 0 Å². The van der Waals surface area contributed by atoms with Crippen molar-refractivity contribution < 1.29 is 23.9 Å². The number of imide groups is 1. The fraction of sp³-hybridized carbons (Fsp3) is 0.474. The zero-order valence-corrected chi connectivity index (χ0v) is 17.2. The third kappa shape index (κ3) is 6.26. The number of nitrogens with zero attached hydrogens (tertiary/aromatic N) is 1. The zero-order chi connectivity index (χ0) is 20.9. The van der Waals surface area contributed by atoms with Crippen LogP contribution in [0.4, 0.5) is 10.5 Å². The molecule has 2 rings (SSSR count). The number of rotatable bonds is 5. The molecule has 1 saturated heterocycles. The Labute approximate surface area is 168 Å². The van der Waals surface area contributed by atoms with E-state index in [1.807, 2.05) is 30.5 Å². The lowest BCUT2D eigenvalue weighted by atomic mass is 10.1. The van der Waals surface area contributed by atoms with Crippen molar-refractivity contribution in [2.45, 2.75) is 37.6 Å². The minimum absolute atomic E-state index is 0.0223. The van der Waals surface area contributed by atoms with Gasteiger partial charge in [0, 0.05) is 29.1 Å². The number of ether oxygens (including phenoxy) is 1. The van der Waals surface area contributed by atoms with Crippen LogP contribution < -0.4 is 15.5 Å². The first kappa shape index (κ1) is 21.7. The van der Waals surface area contributed by atoms with Crippen LogP contribution in [0.1, 0.15) is 27.2 Å². The second-order valence-electron chi connectivity index (χ2n) is 7.47. The van der Waals surface area contributed by atoms with Gasteiger partial charge in [-0.2, -0.15) is 0 Å². The van der Waals surface area contributed by atoms with Crippen molar-refractivity contribution >= 4 is 41.3 Å². The van der Waals surface area contributed by atoms with E-state index in [0.717, 1.165) is 10.6 Å². The van der Waals surface area contributed by atoms with Gasteiger partial charge in [-0.25, -0.2) is 4.79 Å². The molecule has 152 valence electrons. The zero-order valence-electron chi connectivity index (χ0n) is 16.4. The van der Waals surface area contributed by atoms with Crippen LogP contribution in [-0.4, -0.2) is 48.8 Å². The van der Waals surface area contributed by atoms with E-state index >= 15 is 0 Å². The van der Waals surface area contributed by atoms with Crippen LogP contribution in [0.5, 0.6) is 0 Å². The minimum atomic E-state index is -0.732. The maximum atomic E-state index is 12.3. The van der Waals surface area contributed by atoms with Crippen molar-refractivity contribution in [3.05, 3.63) is 24.3 Å². The summed E-state index contributed by atoms with van der Waals surface area (Å²) >= 11 is 1.56. The van der Waals surface area contributed by atoms with Gasteiger partial charge in [-0.3, -0.25) is 19.7 Å². The van der Waals surface area contributed by atoms with E-state index < -0.39 is 36.0 Å². The molecule has 1 aliphatic heterocycles. The number of benzene rings is 1. The van der Waals surface area contributed by atoms with Crippen molar-refractivity contribution in [2.24, 2.45) is 5.92 Å². The normalized spacial score (nSPS) is 16.6. The van der Waals surface area contributed by atoms with E-state index in [1.165, 1.54) is 0 Å². The molecule has 0 spiro atoms. The second-order valence-corrected chi connectivity index (χ2v) is 8.35. The molecule has 1 aromatic carbocycles. The predicted molar refractivity (Wildman–Crippen MR) is 106 cm³/mol. The number of hydrogen-bond donors (Lipinski definition) is 2. The highest BCUT2D eigenvalue weighted by Gasteiger charge is 2.36. The Morgan fingerprint density at radius 2 is 2.00 bits per heavy atom. The van der Waals surface area contributed by atoms with E-state index in [0.29, 0.717) is 0 Å². The maximum Gasteiger partial charge on any atom is 0.321 e. The Balaban J connectivity index is 1.85. The maximum absolute atomic E-state index is 12.3. The quantitative estimate of drug-likeness (QED) is 0.571. The monoisotopic (exact) mass is 407 g/mol. The standard InChI is InChI=1S/C19H25N3O5S/c1-19(2,3)21-18(26)20-15(23)11-27-17(25)12-8-16(24)22(10-12)13-6-5-7-14(9-13)28-4/h5-7,9,12H,8,10-11H2,1-4H3,(H2,20,21,23,26)/t12-/m1/s1. The van der Waals surface area contributed by atoms with Crippen molar-refractivity contribution in [1.29, 1.82) is 0 Å².